The minimum atomic E-state index is -3.44. The van der Waals surface area contributed by atoms with Gasteiger partial charge in [0.25, 0.3) is 0 Å². The van der Waals surface area contributed by atoms with E-state index in [2.05, 4.69) is 29.9 Å². The molecule has 1 aliphatic heterocycles. The molecule has 0 bridgehead atoms. The largest absolute Gasteiger partial charge is 0.474 e. The van der Waals surface area contributed by atoms with Crippen LogP contribution in [0.15, 0.2) is 30.6 Å². The molecule has 0 amide bonds. The van der Waals surface area contributed by atoms with Crippen molar-refractivity contribution in [3.05, 3.63) is 35.7 Å². The number of hydrogen-bond donors (Lipinski definition) is 2. The van der Waals surface area contributed by atoms with E-state index in [0.29, 0.717) is 46.8 Å². The van der Waals surface area contributed by atoms with Crippen LogP contribution in [-0.4, -0.2) is 73.1 Å². The second kappa shape index (κ2) is 10.6. The van der Waals surface area contributed by atoms with Crippen molar-refractivity contribution in [2.45, 2.75) is 37.8 Å². The van der Waals surface area contributed by atoms with E-state index in [1.54, 1.807) is 18.3 Å². The fourth-order valence-electron chi connectivity index (χ4n) is 4.47. The summed E-state index contributed by atoms with van der Waals surface area (Å²) >= 11 is 5.97. The number of halogens is 1. The number of sulfonamides is 1. The third kappa shape index (κ3) is 6.23. The second-order valence-corrected chi connectivity index (χ2v) is 11.1. The van der Waals surface area contributed by atoms with Gasteiger partial charge < -0.3 is 19.7 Å². The van der Waals surface area contributed by atoms with Gasteiger partial charge in [-0.25, -0.2) is 18.4 Å². The lowest BCUT2D eigenvalue weighted by molar-refractivity contribution is 0.122. The number of rotatable bonds is 7. The predicted molar refractivity (Wildman–Crippen MR) is 138 cm³/mol. The Morgan fingerprint density at radius 1 is 1.11 bits per heavy atom. The molecule has 11 nitrogen and oxygen atoms in total. The molecule has 2 fully saturated rings. The van der Waals surface area contributed by atoms with Crippen molar-refractivity contribution >= 4 is 50.0 Å². The minimum absolute atomic E-state index is 0.0366. The second-order valence-electron chi connectivity index (χ2n) is 8.99. The lowest BCUT2D eigenvalue weighted by Crippen LogP contribution is -2.37. The van der Waals surface area contributed by atoms with Gasteiger partial charge in [0.2, 0.25) is 21.9 Å². The van der Waals surface area contributed by atoms with E-state index in [0.717, 1.165) is 50.8 Å². The minimum Gasteiger partial charge on any atom is -0.474 e. The highest BCUT2D eigenvalue weighted by molar-refractivity contribution is 7.92. The maximum absolute atomic E-state index is 11.8. The molecule has 36 heavy (non-hydrogen) atoms. The summed E-state index contributed by atoms with van der Waals surface area (Å²) in [6.07, 6.45) is 7.59. The van der Waals surface area contributed by atoms with E-state index < -0.39 is 10.0 Å². The molecule has 0 radical (unpaired) electrons. The van der Waals surface area contributed by atoms with Crippen LogP contribution in [0.2, 0.25) is 5.15 Å². The Morgan fingerprint density at radius 3 is 2.61 bits per heavy atom. The summed E-state index contributed by atoms with van der Waals surface area (Å²) in [6.45, 7) is 2.73. The number of pyridine rings is 2. The maximum Gasteiger partial charge on any atom is 0.229 e. The van der Waals surface area contributed by atoms with Gasteiger partial charge in [0, 0.05) is 31.4 Å². The van der Waals surface area contributed by atoms with Crippen LogP contribution in [0.25, 0.3) is 10.9 Å². The molecule has 2 aliphatic rings. The summed E-state index contributed by atoms with van der Waals surface area (Å²) in [4.78, 5) is 19.9. The quantitative estimate of drug-likeness (QED) is 0.436. The van der Waals surface area contributed by atoms with Crippen molar-refractivity contribution < 1.29 is 17.9 Å². The van der Waals surface area contributed by atoms with E-state index in [9.17, 15) is 8.42 Å². The average Bonchev–Trinajstić information content (AvgIpc) is 2.85. The van der Waals surface area contributed by atoms with E-state index in [1.165, 1.54) is 6.20 Å². The Kier molecular flexibility index (Phi) is 7.26. The summed E-state index contributed by atoms with van der Waals surface area (Å²) < 4.78 is 37.9. The zero-order valence-corrected chi connectivity index (χ0v) is 21.4. The molecule has 13 heteroatoms. The van der Waals surface area contributed by atoms with Crippen LogP contribution in [0.1, 0.15) is 25.7 Å². The first-order chi connectivity index (χ1) is 17.3. The summed E-state index contributed by atoms with van der Waals surface area (Å²) in [6, 6.07) is 5.49. The summed E-state index contributed by atoms with van der Waals surface area (Å²) in [5, 5.41) is 4.41. The van der Waals surface area contributed by atoms with Gasteiger partial charge in [-0.15, -0.1) is 0 Å². The van der Waals surface area contributed by atoms with Crippen LogP contribution >= 0.6 is 11.6 Å². The van der Waals surface area contributed by atoms with Gasteiger partial charge in [0.1, 0.15) is 17.1 Å². The average molecular weight is 534 g/mol. The zero-order chi connectivity index (χ0) is 25.1. The molecule has 0 unspecified atom stereocenters. The predicted octanol–water partition coefficient (Wildman–Crippen LogP) is 3.08. The molecule has 1 aliphatic carbocycles. The van der Waals surface area contributed by atoms with Crippen molar-refractivity contribution in [2.24, 2.45) is 0 Å². The van der Waals surface area contributed by atoms with Gasteiger partial charge in [0.15, 0.2) is 0 Å². The number of anilines is 3. The van der Waals surface area contributed by atoms with E-state index in [1.807, 2.05) is 6.07 Å². The molecule has 5 rings (SSSR count). The zero-order valence-electron chi connectivity index (χ0n) is 19.9. The molecule has 1 saturated carbocycles. The Hall–Kier alpha value is -2.96. The molecule has 1 saturated heterocycles. The van der Waals surface area contributed by atoms with E-state index in [-0.39, 0.29) is 12.1 Å². The number of hydrogen-bond acceptors (Lipinski definition) is 10. The maximum atomic E-state index is 11.8. The Morgan fingerprint density at radius 2 is 1.89 bits per heavy atom. The topological polar surface area (TPSA) is 131 Å². The number of nitrogens with zero attached hydrogens (tertiary/aromatic N) is 5. The number of fused-ring (bicyclic) bond motifs is 1. The van der Waals surface area contributed by atoms with Crippen LogP contribution in [0.4, 0.5) is 17.5 Å². The number of nitrogens with one attached hydrogen (secondary N) is 2. The Labute approximate surface area is 214 Å². The van der Waals surface area contributed by atoms with Crippen LogP contribution in [0, 0.1) is 0 Å². The first kappa shape index (κ1) is 24.7. The first-order valence-corrected chi connectivity index (χ1v) is 14.1. The van der Waals surface area contributed by atoms with Gasteiger partial charge >= 0.3 is 0 Å². The normalized spacial score (nSPS) is 20.8. The molecular weight excluding hydrogens is 506 g/mol. The van der Waals surface area contributed by atoms with Crippen molar-refractivity contribution in [2.75, 3.05) is 47.5 Å². The lowest BCUT2D eigenvalue weighted by Gasteiger charge is -2.31. The number of ether oxygens (including phenoxy) is 2. The van der Waals surface area contributed by atoms with Crippen LogP contribution in [0.3, 0.4) is 0 Å². The van der Waals surface area contributed by atoms with Crippen LogP contribution < -0.4 is 19.7 Å². The van der Waals surface area contributed by atoms with Gasteiger partial charge in [-0.1, -0.05) is 11.6 Å². The molecule has 192 valence electrons. The summed E-state index contributed by atoms with van der Waals surface area (Å²) in [7, 11) is -3.44. The molecule has 3 aromatic heterocycles. The van der Waals surface area contributed by atoms with Crippen molar-refractivity contribution in [1.29, 1.82) is 0 Å². The lowest BCUT2D eigenvalue weighted by atomic mass is 9.93. The van der Waals surface area contributed by atoms with Gasteiger partial charge in [-0.2, -0.15) is 4.98 Å². The van der Waals surface area contributed by atoms with Crippen molar-refractivity contribution in [3.8, 4) is 5.88 Å². The van der Waals surface area contributed by atoms with Crippen LogP contribution in [-0.2, 0) is 14.8 Å². The van der Waals surface area contributed by atoms with Gasteiger partial charge in [0.05, 0.1) is 42.3 Å². The first-order valence-electron chi connectivity index (χ1n) is 11.9. The third-order valence-corrected chi connectivity index (χ3v) is 6.99. The highest BCUT2D eigenvalue weighted by atomic mass is 35.5. The fourth-order valence-corrected chi connectivity index (χ4v) is 5.14. The monoisotopic (exact) mass is 533 g/mol. The summed E-state index contributed by atoms with van der Waals surface area (Å²) in [5.74, 6) is 1.74. The molecule has 4 heterocycles. The number of aromatic nitrogens is 4. The highest BCUT2D eigenvalue weighted by Gasteiger charge is 2.25. The Bertz CT molecular complexity index is 1330. The smallest absolute Gasteiger partial charge is 0.229 e. The molecule has 0 atom stereocenters. The molecule has 3 aromatic rings. The Balaban J connectivity index is 1.35. The van der Waals surface area contributed by atoms with E-state index >= 15 is 0 Å². The third-order valence-electron chi connectivity index (χ3n) is 6.18. The fraction of sp³-hybridized carbons (Fsp3) is 0.478. The standard InChI is InChI=1S/C23H28ClN7O4S/c1-36(32,33)30-16-12-18-19(26-14-16)13-21(31-8-10-34-11-9-31)29-22(18)35-17-4-2-15(3-5-17)27-23-25-7-6-20(24)28-23/h6-7,12-15,17,30H,2-5,8-11H2,1H3,(H,25,27,28). The van der Waals surface area contributed by atoms with Gasteiger partial charge in [-0.05, 0) is 37.8 Å². The van der Waals surface area contributed by atoms with E-state index in [4.69, 9.17) is 26.1 Å². The molecule has 0 spiro atoms. The van der Waals surface area contributed by atoms with Gasteiger partial charge in [-0.3, -0.25) is 9.71 Å². The SMILES string of the molecule is CS(=O)(=O)Nc1cnc2cc(N3CCOCC3)nc(OC3CCC(Nc4nccc(Cl)n4)CC3)c2c1. The number of morpholine rings is 1. The summed E-state index contributed by atoms with van der Waals surface area (Å²) in [5.41, 5.74) is 1.05. The van der Waals surface area contributed by atoms with Crippen molar-refractivity contribution in [3.63, 3.8) is 0 Å². The molecular formula is C23H28ClN7O4S. The molecule has 2 N–H and O–H groups in total. The van der Waals surface area contributed by atoms with Crippen LogP contribution in [0.5, 0.6) is 5.88 Å². The van der Waals surface area contributed by atoms with Crippen molar-refractivity contribution in [1.82, 2.24) is 19.9 Å². The molecule has 0 aromatic carbocycles. The highest BCUT2D eigenvalue weighted by Crippen LogP contribution is 2.33.